The second kappa shape index (κ2) is 6.81. The van der Waals surface area contributed by atoms with Crippen LogP contribution >= 0.6 is 11.8 Å². The minimum atomic E-state index is -0.256. The van der Waals surface area contributed by atoms with Crippen molar-refractivity contribution in [2.75, 3.05) is 25.9 Å². The van der Waals surface area contributed by atoms with Crippen molar-refractivity contribution in [2.24, 2.45) is 0 Å². The van der Waals surface area contributed by atoms with Gasteiger partial charge in [0.05, 0.1) is 12.1 Å². The number of nitriles is 1. The zero-order chi connectivity index (χ0) is 13.6. The molecular formula is C13H21N3OS. The number of nitrogens with one attached hydrogen (secondary N) is 1. The van der Waals surface area contributed by atoms with Gasteiger partial charge in [-0.25, -0.2) is 0 Å². The van der Waals surface area contributed by atoms with Crippen molar-refractivity contribution in [3.8, 4) is 6.07 Å². The van der Waals surface area contributed by atoms with Crippen LogP contribution in [0.3, 0.4) is 0 Å². The first kappa shape index (κ1) is 15.1. The first-order valence-electron chi connectivity index (χ1n) is 6.17. The lowest BCUT2D eigenvalue weighted by Crippen LogP contribution is -2.51. The Labute approximate surface area is 113 Å². The number of thioether (sulfide) groups is 1. The highest BCUT2D eigenvalue weighted by atomic mass is 32.2. The SMILES string of the molecule is C=CCNC(=O)C(C)N1CCC(C#N)(SC)CC1. The van der Waals surface area contributed by atoms with Crippen LogP contribution in [0.15, 0.2) is 12.7 Å². The molecule has 1 N–H and O–H groups in total. The normalized spacial score (nSPS) is 20.7. The third kappa shape index (κ3) is 3.50. The Morgan fingerprint density at radius 1 is 1.67 bits per heavy atom. The maximum Gasteiger partial charge on any atom is 0.237 e. The first-order chi connectivity index (χ1) is 8.58. The van der Waals surface area contributed by atoms with Gasteiger partial charge in [0.25, 0.3) is 0 Å². The van der Waals surface area contributed by atoms with E-state index in [4.69, 9.17) is 0 Å². The number of carbonyl (C=O) groups is 1. The quantitative estimate of drug-likeness (QED) is 0.765. The highest BCUT2D eigenvalue weighted by Gasteiger charge is 2.36. The van der Waals surface area contributed by atoms with Crippen molar-refractivity contribution in [1.29, 1.82) is 5.26 Å². The third-order valence-corrected chi connectivity index (χ3v) is 4.83. The molecule has 18 heavy (non-hydrogen) atoms. The molecule has 100 valence electrons. The minimum absolute atomic E-state index is 0.0310. The molecule has 1 rings (SSSR count). The van der Waals surface area contributed by atoms with E-state index in [1.54, 1.807) is 17.8 Å². The van der Waals surface area contributed by atoms with Gasteiger partial charge in [-0.05, 0) is 26.0 Å². The van der Waals surface area contributed by atoms with E-state index < -0.39 is 0 Å². The van der Waals surface area contributed by atoms with Crippen molar-refractivity contribution in [3.63, 3.8) is 0 Å². The lowest BCUT2D eigenvalue weighted by atomic mass is 9.96. The Morgan fingerprint density at radius 3 is 2.72 bits per heavy atom. The van der Waals surface area contributed by atoms with Gasteiger partial charge in [-0.3, -0.25) is 9.69 Å². The van der Waals surface area contributed by atoms with Crippen molar-refractivity contribution < 1.29 is 4.79 Å². The fraction of sp³-hybridized carbons (Fsp3) is 0.692. The maximum atomic E-state index is 11.8. The van der Waals surface area contributed by atoms with Gasteiger partial charge in [-0.2, -0.15) is 5.26 Å². The number of carbonyl (C=O) groups excluding carboxylic acids is 1. The van der Waals surface area contributed by atoms with Crippen LogP contribution in [-0.4, -0.2) is 47.5 Å². The molecule has 0 bridgehead atoms. The second-order valence-electron chi connectivity index (χ2n) is 4.56. The summed E-state index contributed by atoms with van der Waals surface area (Å²) < 4.78 is -0.256. The number of rotatable bonds is 5. The van der Waals surface area contributed by atoms with Gasteiger partial charge in [0.1, 0.15) is 4.75 Å². The third-order valence-electron chi connectivity index (χ3n) is 3.55. The highest BCUT2D eigenvalue weighted by molar-refractivity contribution is 8.00. The standard InChI is InChI=1S/C13H21N3OS/c1-4-7-15-12(17)11(2)16-8-5-13(10-14,18-3)6-9-16/h4,11H,1,5-9H2,2-3H3,(H,15,17). The average molecular weight is 267 g/mol. The predicted molar refractivity (Wildman–Crippen MR) is 75.3 cm³/mol. The molecule has 1 saturated heterocycles. The van der Waals surface area contributed by atoms with Crippen molar-refractivity contribution in [2.45, 2.75) is 30.6 Å². The summed E-state index contributed by atoms with van der Waals surface area (Å²) in [6.07, 6.45) is 5.31. The van der Waals surface area contributed by atoms with Crippen LogP contribution < -0.4 is 5.32 Å². The Balaban J connectivity index is 2.50. The lowest BCUT2D eigenvalue weighted by Gasteiger charge is -2.38. The fourth-order valence-electron chi connectivity index (χ4n) is 2.12. The van der Waals surface area contributed by atoms with Gasteiger partial charge < -0.3 is 5.32 Å². The first-order valence-corrected chi connectivity index (χ1v) is 7.40. The minimum Gasteiger partial charge on any atom is -0.351 e. The van der Waals surface area contributed by atoms with Gasteiger partial charge in [0.15, 0.2) is 0 Å². The van der Waals surface area contributed by atoms with E-state index in [9.17, 15) is 10.1 Å². The van der Waals surface area contributed by atoms with Crippen LogP contribution in [0.5, 0.6) is 0 Å². The van der Waals surface area contributed by atoms with Gasteiger partial charge >= 0.3 is 0 Å². The molecule has 1 amide bonds. The zero-order valence-corrected chi connectivity index (χ0v) is 11.9. The van der Waals surface area contributed by atoms with Gasteiger partial charge in [0, 0.05) is 19.6 Å². The summed E-state index contributed by atoms with van der Waals surface area (Å²) >= 11 is 1.63. The largest absolute Gasteiger partial charge is 0.351 e. The molecule has 0 aliphatic carbocycles. The van der Waals surface area contributed by atoms with Crippen LogP contribution in [0.2, 0.25) is 0 Å². The molecule has 1 aliphatic rings. The van der Waals surface area contributed by atoms with E-state index in [2.05, 4.69) is 22.9 Å². The molecule has 0 spiro atoms. The van der Waals surface area contributed by atoms with E-state index in [1.807, 2.05) is 13.2 Å². The Kier molecular flexibility index (Phi) is 5.70. The topological polar surface area (TPSA) is 56.1 Å². The van der Waals surface area contributed by atoms with Gasteiger partial charge in [-0.15, -0.1) is 18.3 Å². The molecule has 0 aromatic carbocycles. The number of likely N-dealkylation sites (tertiary alicyclic amines) is 1. The Bertz CT molecular complexity index is 343. The van der Waals surface area contributed by atoms with Crippen molar-refractivity contribution in [1.82, 2.24) is 10.2 Å². The summed E-state index contributed by atoms with van der Waals surface area (Å²) in [4.78, 5) is 14.0. The molecule has 0 radical (unpaired) electrons. The summed E-state index contributed by atoms with van der Waals surface area (Å²) in [6.45, 7) is 7.60. The van der Waals surface area contributed by atoms with Crippen molar-refractivity contribution in [3.05, 3.63) is 12.7 Å². The van der Waals surface area contributed by atoms with Crippen molar-refractivity contribution >= 4 is 17.7 Å². The van der Waals surface area contributed by atoms with E-state index >= 15 is 0 Å². The molecule has 1 atom stereocenters. The molecule has 1 heterocycles. The van der Waals surface area contributed by atoms with Gasteiger partial charge in [0.2, 0.25) is 5.91 Å². The monoisotopic (exact) mass is 267 g/mol. The Morgan fingerprint density at radius 2 is 2.28 bits per heavy atom. The number of piperidine rings is 1. The summed E-state index contributed by atoms with van der Waals surface area (Å²) in [7, 11) is 0. The summed E-state index contributed by atoms with van der Waals surface area (Å²) in [6, 6.07) is 2.28. The molecule has 1 fully saturated rings. The van der Waals surface area contributed by atoms with Crippen LogP contribution in [0.1, 0.15) is 19.8 Å². The molecule has 0 aromatic rings. The van der Waals surface area contributed by atoms with E-state index in [1.165, 1.54) is 0 Å². The average Bonchev–Trinajstić information content (AvgIpc) is 2.44. The van der Waals surface area contributed by atoms with Crippen LogP contribution in [0.4, 0.5) is 0 Å². The van der Waals surface area contributed by atoms with Crippen LogP contribution in [-0.2, 0) is 4.79 Å². The molecule has 0 aromatic heterocycles. The molecule has 4 nitrogen and oxygen atoms in total. The zero-order valence-electron chi connectivity index (χ0n) is 11.1. The Hall–Kier alpha value is -0.990. The molecule has 5 heteroatoms. The summed E-state index contributed by atoms with van der Waals surface area (Å²) in [5.74, 6) is 0.0310. The predicted octanol–water partition coefficient (Wildman–Crippen LogP) is 1.40. The lowest BCUT2D eigenvalue weighted by molar-refractivity contribution is -0.126. The summed E-state index contributed by atoms with van der Waals surface area (Å²) in [5.41, 5.74) is 0. The molecule has 0 saturated carbocycles. The number of nitrogens with zero attached hydrogens (tertiary/aromatic N) is 2. The van der Waals surface area contributed by atoms with E-state index in [0.29, 0.717) is 6.54 Å². The number of hydrogen-bond acceptors (Lipinski definition) is 4. The maximum absolute atomic E-state index is 11.8. The highest BCUT2D eigenvalue weighted by Crippen LogP contribution is 2.34. The van der Waals surface area contributed by atoms with Gasteiger partial charge in [-0.1, -0.05) is 6.08 Å². The van der Waals surface area contributed by atoms with Crippen LogP contribution in [0, 0.1) is 11.3 Å². The molecule has 1 unspecified atom stereocenters. The molecular weight excluding hydrogens is 246 g/mol. The number of hydrogen-bond donors (Lipinski definition) is 1. The van der Waals surface area contributed by atoms with E-state index in [0.717, 1.165) is 25.9 Å². The fourth-order valence-corrected chi connectivity index (χ4v) is 2.80. The summed E-state index contributed by atoms with van der Waals surface area (Å²) in [5, 5.41) is 12.0. The smallest absolute Gasteiger partial charge is 0.237 e. The number of amides is 1. The van der Waals surface area contributed by atoms with Crippen LogP contribution in [0.25, 0.3) is 0 Å². The molecule has 1 aliphatic heterocycles. The van der Waals surface area contributed by atoms with E-state index in [-0.39, 0.29) is 16.7 Å². The second-order valence-corrected chi connectivity index (χ2v) is 5.75.